The summed E-state index contributed by atoms with van der Waals surface area (Å²) < 4.78 is 9.13. The zero-order valence-corrected chi connectivity index (χ0v) is 21.0. The minimum atomic E-state index is 0.0583. The number of aryl methyl sites for hydroxylation is 1. The second kappa shape index (κ2) is 10.2. The quantitative estimate of drug-likeness (QED) is 0.231. The number of benzene rings is 3. The zero-order chi connectivity index (χ0) is 23.5. The van der Waals surface area contributed by atoms with Crippen LogP contribution >= 0.6 is 27.5 Å². The van der Waals surface area contributed by atoms with Gasteiger partial charge in [0.25, 0.3) is 0 Å². The van der Waals surface area contributed by atoms with E-state index >= 15 is 0 Å². The van der Waals surface area contributed by atoms with E-state index in [1.807, 2.05) is 71.6 Å². The van der Waals surface area contributed by atoms with Crippen molar-refractivity contribution in [1.82, 2.24) is 9.55 Å². The van der Waals surface area contributed by atoms with Crippen molar-refractivity contribution < 1.29 is 9.53 Å². The van der Waals surface area contributed by atoms with Gasteiger partial charge in [0.15, 0.2) is 0 Å². The molecule has 1 aliphatic heterocycles. The van der Waals surface area contributed by atoms with E-state index in [1.54, 1.807) is 0 Å². The minimum absolute atomic E-state index is 0.0583. The topological polar surface area (TPSA) is 47.4 Å². The van der Waals surface area contributed by atoms with Gasteiger partial charge in [0, 0.05) is 35.6 Å². The van der Waals surface area contributed by atoms with Crippen molar-refractivity contribution in [2.45, 2.75) is 31.7 Å². The van der Waals surface area contributed by atoms with E-state index in [0.29, 0.717) is 24.6 Å². The molecule has 5 rings (SSSR count). The first kappa shape index (κ1) is 22.9. The second-order valence-electron chi connectivity index (χ2n) is 8.48. The maximum Gasteiger partial charge on any atom is 0.227 e. The van der Waals surface area contributed by atoms with E-state index in [4.69, 9.17) is 21.3 Å². The first-order valence-electron chi connectivity index (χ1n) is 11.5. The fraction of sp³-hybridized carbons (Fsp3) is 0.259. The molecule has 5 nitrogen and oxygen atoms in total. The smallest absolute Gasteiger partial charge is 0.227 e. The van der Waals surface area contributed by atoms with Crippen LogP contribution in [0.15, 0.2) is 77.3 Å². The van der Waals surface area contributed by atoms with Gasteiger partial charge in [-0.25, -0.2) is 4.98 Å². The molecular weight excluding hydrogens is 514 g/mol. The molecule has 0 N–H and O–H groups in total. The fourth-order valence-corrected chi connectivity index (χ4v) is 4.96. The molecule has 7 heteroatoms. The highest BCUT2D eigenvalue weighted by molar-refractivity contribution is 9.10. The number of hydrogen-bond acceptors (Lipinski definition) is 3. The number of para-hydroxylation sites is 3. The summed E-state index contributed by atoms with van der Waals surface area (Å²) in [5, 5.41) is 0.631. The molecule has 0 spiro atoms. The molecule has 1 aliphatic rings. The van der Waals surface area contributed by atoms with Gasteiger partial charge < -0.3 is 14.2 Å². The molecule has 1 amide bonds. The molecule has 1 saturated heterocycles. The normalized spacial score (nSPS) is 15.9. The minimum Gasteiger partial charge on any atom is -0.492 e. The third kappa shape index (κ3) is 4.84. The molecule has 4 aromatic rings. The van der Waals surface area contributed by atoms with Crippen LogP contribution < -0.4 is 9.64 Å². The molecule has 1 unspecified atom stereocenters. The summed E-state index contributed by atoms with van der Waals surface area (Å²) in [6.45, 7) is 2.06. The van der Waals surface area contributed by atoms with E-state index in [1.165, 1.54) is 0 Å². The summed E-state index contributed by atoms with van der Waals surface area (Å²) >= 11 is 9.65. The Kier molecular flexibility index (Phi) is 6.88. The number of aromatic nitrogens is 2. The highest BCUT2D eigenvalue weighted by atomic mass is 79.9. The van der Waals surface area contributed by atoms with Crippen LogP contribution in [0.5, 0.6) is 5.75 Å². The lowest BCUT2D eigenvalue weighted by Gasteiger charge is -2.17. The molecule has 1 aromatic heterocycles. The van der Waals surface area contributed by atoms with Crippen LogP contribution in [0.3, 0.4) is 0 Å². The number of imidazole rings is 1. The molecule has 0 saturated carbocycles. The summed E-state index contributed by atoms with van der Waals surface area (Å²) in [6, 6.07) is 23.6. The van der Waals surface area contributed by atoms with E-state index < -0.39 is 0 Å². The number of hydrogen-bond donors (Lipinski definition) is 0. The van der Waals surface area contributed by atoms with Crippen LogP contribution in [0.2, 0.25) is 5.02 Å². The maximum absolute atomic E-state index is 12.9. The molecule has 0 radical (unpaired) electrons. The van der Waals surface area contributed by atoms with Crippen LogP contribution in [0.25, 0.3) is 11.0 Å². The summed E-state index contributed by atoms with van der Waals surface area (Å²) in [7, 11) is 0. The lowest BCUT2D eigenvalue weighted by Crippen LogP contribution is -2.24. The van der Waals surface area contributed by atoms with Crippen molar-refractivity contribution in [3.63, 3.8) is 0 Å². The molecule has 174 valence electrons. The number of unbranched alkanes of at least 4 members (excludes halogenated alkanes) is 1. The standard InChI is InChI=1S/C27H25BrClN3O2/c28-20-11-13-21(14-12-20)32-18-19(17-26(32)33)27-30-23-8-2-3-9-24(23)31(27)15-5-6-16-34-25-10-4-1-7-22(25)29/h1-4,7-14,19H,5-6,15-18H2. The summed E-state index contributed by atoms with van der Waals surface area (Å²) in [5.41, 5.74) is 3.01. The van der Waals surface area contributed by atoms with Gasteiger partial charge in [-0.15, -0.1) is 0 Å². The monoisotopic (exact) mass is 537 g/mol. The predicted octanol–water partition coefficient (Wildman–Crippen LogP) is 6.83. The van der Waals surface area contributed by atoms with Crippen molar-refractivity contribution in [3.05, 3.63) is 88.1 Å². The number of amides is 1. The lowest BCUT2D eigenvalue weighted by molar-refractivity contribution is -0.117. The average Bonchev–Trinajstić information content (AvgIpc) is 3.41. The highest BCUT2D eigenvalue weighted by Gasteiger charge is 2.34. The fourth-order valence-electron chi connectivity index (χ4n) is 4.51. The van der Waals surface area contributed by atoms with Crippen molar-refractivity contribution in [2.24, 2.45) is 0 Å². The number of nitrogens with zero attached hydrogens (tertiary/aromatic N) is 3. The Balaban J connectivity index is 1.30. The van der Waals surface area contributed by atoms with Gasteiger partial charge in [0.1, 0.15) is 11.6 Å². The number of fused-ring (bicyclic) bond motifs is 1. The molecule has 34 heavy (non-hydrogen) atoms. The number of ether oxygens (including phenoxy) is 1. The van der Waals surface area contributed by atoms with Gasteiger partial charge in [-0.3, -0.25) is 4.79 Å². The van der Waals surface area contributed by atoms with Crippen LogP contribution in [-0.4, -0.2) is 28.6 Å². The van der Waals surface area contributed by atoms with Crippen molar-refractivity contribution >= 4 is 50.2 Å². The first-order chi connectivity index (χ1) is 16.6. The zero-order valence-electron chi connectivity index (χ0n) is 18.7. The SMILES string of the molecule is O=C1CC(c2nc3ccccc3n2CCCCOc2ccccc2Cl)CN1c1ccc(Br)cc1. The Morgan fingerprint density at radius 3 is 2.59 bits per heavy atom. The lowest BCUT2D eigenvalue weighted by atomic mass is 10.1. The summed E-state index contributed by atoms with van der Waals surface area (Å²) in [6.07, 6.45) is 2.30. The molecule has 3 aromatic carbocycles. The second-order valence-corrected chi connectivity index (χ2v) is 9.80. The molecule has 0 aliphatic carbocycles. The van der Waals surface area contributed by atoms with Crippen LogP contribution in [-0.2, 0) is 11.3 Å². The van der Waals surface area contributed by atoms with Crippen LogP contribution in [0.4, 0.5) is 5.69 Å². The summed E-state index contributed by atoms with van der Waals surface area (Å²) in [5.74, 6) is 1.90. The first-order valence-corrected chi connectivity index (χ1v) is 12.7. The third-order valence-electron chi connectivity index (χ3n) is 6.18. The van der Waals surface area contributed by atoms with Crippen LogP contribution in [0.1, 0.15) is 31.0 Å². The number of anilines is 1. The van der Waals surface area contributed by atoms with Crippen molar-refractivity contribution in [3.8, 4) is 5.75 Å². The molecule has 1 atom stereocenters. The molecule has 0 bridgehead atoms. The van der Waals surface area contributed by atoms with Gasteiger partial charge >= 0.3 is 0 Å². The Morgan fingerprint density at radius 1 is 1.00 bits per heavy atom. The molecule has 2 heterocycles. The van der Waals surface area contributed by atoms with Gasteiger partial charge in [-0.2, -0.15) is 0 Å². The van der Waals surface area contributed by atoms with Crippen molar-refractivity contribution in [2.75, 3.05) is 18.1 Å². The third-order valence-corrected chi connectivity index (χ3v) is 7.02. The van der Waals surface area contributed by atoms with Gasteiger partial charge in [0.2, 0.25) is 5.91 Å². The highest BCUT2D eigenvalue weighted by Crippen LogP contribution is 2.34. The number of rotatable bonds is 8. The number of carbonyl (C=O) groups is 1. The van der Waals surface area contributed by atoms with Gasteiger partial charge in [-0.05, 0) is 61.4 Å². The van der Waals surface area contributed by atoms with E-state index in [0.717, 1.165) is 52.2 Å². The number of carbonyl (C=O) groups excluding carboxylic acids is 1. The number of halogens is 2. The molecular formula is C27H25BrClN3O2. The van der Waals surface area contributed by atoms with Crippen molar-refractivity contribution in [1.29, 1.82) is 0 Å². The Labute approximate surface area is 212 Å². The Hall–Kier alpha value is -2.83. The van der Waals surface area contributed by atoms with E-state index in [2.05, 4.69) is 26.6 Å². The maximum atomic E-state index is 12.9. The van der Waals surface area contributed by atoms with E-state index in [-0.39, 0.29) is 11.8 Å². The van der Waals surface area contributed by atoms with E-state index in [9.17, 15) is 4.79 Å². The largest absolute Gasteiger partial charge is 0.492 e. The van der Waals surface area contributed by atoms with Gasteiger partial charge in [0.05, 0.1) is 22.7 Å². The predicted molar refractivity (Wildman–Crippen MR) is 140 cm³/mol. The Morgan fingerprint density at radius 2 is 1.76 bits per heavy atom. The van der Waals surface area contributed by atoms with Crippen LogP contribution in [0, 0.1) is 0 Å². The molecule has 1 fully saturated rings. The summed E-state index contributed by atoms with van der Waals surface area (Å²) in [4.78, 5) is 19.7. The van der Waals surface area contributed by atoms with Gasteiger partial charge in [-0.1, -0.05) is 51.8 Å². The average molecular weight is 539 g/mol. The Bertz CT molecular complexity index is 1300.